The van der Waals surface area contributed by atoms with Gasteiger partial charge in [0.2, 0.25) is 0 Å². The highest BCUT2D eigenvalue weighted by Gasteiger charge is 2.16. The van der Waals surface area contributed by atoms with Crippen molar-refractivity contribution in [3.8, 4) is 0 Å². The molecule has 0 saturated heterocycles. The lowest BCUT2D eigenvalue weighted by Crippen LogP contribution is -1.98. The van der Waals surface area contributed by atoms with E-state index in [2.05, 4.69) is 15.9 Å². The fourth-order valence-electron chi connectivity index (χ4n) is 1.93. The van der Waals surface area contributed by atoms with Crippen molar-refractivity contribution in [3.05, 3.63) is 67.9 Å². The van der Waals surface area contributed by atoms with Crippen LogP contribution in [0, 0.1) is 19.7 Å². The molecule has 2 rings (SSSR count). The quantitative estimate of drug-likeness (QED) is 0.559. The van der Waals surface area contributed by atoms with Crippen LogP contribution in [0.25, 0.3) is 0 Å². The second-order valence-corrected chi connectivity index (χ2v) is 6.19. The van der Waals surface area contributed by atoms with E-state index in [1.807, 2.05) is 26.0 Å². The Morgan fingerprint density at radius 3 is 2.42 bits per heavy atom. The van der Waals surface area contributed by atoms with Crippen molar-refractivity contribution in [2.24, 2.45) is 0 Å². The topological polar surface area (TPSA) is 0 Å². The lowest BCUT2D eigenvalue weighted by Gasteiger charge is -2.15. The molecule has 0 aliphatic carbocycles. The predicted molar refractivity (Wildman–Crippen MR) is 82.7 cm³/mol. The highest BCUT2D eigenvalue weighted by Crippen LogP contribution is 2.35. The fourth-order valence-corrected chi connectivity index (χ4v) is 2.94. The van der Waals surface area contributed by atoms with Gasteiger partial charge < -0.3 is 0 Å². The van der Waals surface area contributed by atoms with Gasteiger partial charge in [-0.1, -0.05) is 39.7 Å². The van der Waals surface area contributed by atoms with Crippen LogP contribution >= 0.6 is 39.1 Å². The maximum absolute atomic E-state index is 13.2. The fraction of sp³-hybridized carbons (Fsp3) is 0.200. The van der Waals surface area contributed by atoms with E-state index in [1.54, 1.807) is 12.1 Å². The van der Waals surface area contributed by atoms with Crippen molar-refractivity contribution < 1.29 is 4.39 Å². The van der Waals surface area contributed by atoms with Gasteiger partial charge in [0.1, 0.15) is 5.82 Å². The highest BCUT2D eigenvalue weighted by atomic mass is 79.9. The molecule has 0 radical (unpaired) electrons. The number of aryl methyl sites for hydroxylation is 2. The van der Waals surface area contributed by atoms with Gasteiger partial charge in [-0.05, 0) is 54.3 Å². The van der Waals surface area contributed by atoms with E-state index in [0.717, 1.165) is 26.7 Å². The van der Waals surface area contributed by atoms with E-state index >= 15 is 0 Å². The molecule has 0 N–H and O–H groups in total. The van der Waals surface area contributed by atoms with Gasteiger partial charge in [-0.15, -0.1) is 11.6 Å². The molecule has 0 saturated carbocycles. The lowest BCUT2D eigenvalue weighted by atomic mass is 9.98. The van der Waals surface area contributed by atoms with Crippen LogP contribution in [0.1, 0.15) is 27.6 Å². The van der Waals surface area contributed by atoms with Crippen LogP contribution in [0.2, 0.25) is 5.02 Å². The van der Waals surface area contributed by atoms with Gasteiger partial charge in [-0.25, -0.2) is 4.39 Å². The molecule has 0 spiro atoms. The first-order valence-corrected chi connectivity index (χ1v) is 7.36. The maximum Gasteiger partial charge on any atom is 0.141 e. The molecule has 4 heteroatoms. The molecule has 19 heavy (non-hydrogen) atoms. The minimum absolute atomic E-state index is 0.0923. The van der Waals surface area contributed by atoms with Crippen LogP contribution in [-0.2, 0) is 0 Å². The van der Waals surface area contributed by atoms with Gasteiger partial charge >= 0.3 is 0 Å². The monoisotopic (exact) mass is 360 g/mol. The zero-order valence-corrected chi connectivity index (χ0v) is 13.6. The number of halogens is 4. The Hall–Kier alpha value is -0.570. The van der Waals surface area contributed by atoms with Crippen LogP contribution in [0.15, 0.2) is 34.8 Å². The number of alkyl halides is 1. The van der Waals surface area contributed by atoms with Crippen molar-refractivity contribution >= 4 is 39.1 Å². The number of hydrogen-bond donors (Lipinski definition) is 0. The van der Waals surface area contributed by atoms with E-state index in [0.29, 0.717) is 0 Å². The van der Waals surface area contributed by atoms with E-state index in [-0.39, 0.29) is 10.4 Å². The number of rotatable bonds is 2. The first-order chi connectivity index (χ1) is 8.90. The van der Waals surface area contributed by atoms with Crippen LogP contribution < -0.4 is 0 Å². The molecule has 2 aromatic rings. The van der Waals surface area contributed by atoms with Crippen molar-refractivity contribution in [2.45, 2.75) is 19.2 Å². The van der Waals surface area contributed by atoms with E-state index in [9.17, 15) is 4.39 Å². The average molecular weight is 362 g/mol. The third kappa shape index (κ3) is 3.13. The summed E-state index contributed by atoms with van der Waals surface area (Å²) in [7, 11) is 0. The molecule has 0 fully saturated rings. The molecule has 0 aromatic heterocycles. The minimum atomic E-state index is -0.432. The van der Waals surface area contributed by atoms with Crippen molar-refractivity contribution in [1.82, 2.24) is 0 Å². The van der Waals surface area contributed by atoms with Gasteiger partial charge in [-0.3, -0.25) is 0 Å². The third-order valence-corrected chi connectivity index (χ3v) is 4.69. The number of benzene rings is 2. The normalized spacial score (nSPS) is 12.5. The molecule has 100 valence electrons. The van der Waals surface area contributed by atoms with E-state index < -0.39 is 5.82 Å². The first-order valence-electron chi connectivity index (χ1n) is 5.76. The Bertz CT molecular complexity index is 626. The predicted octanol–water partition coefficient (Wildman–Crippen LogP) is 6.19. The van der Waals surface area contributed by atoms with Gasteiger partial charge in [0.25, 0.3) is 0 Å². The summed E-state index contributed by atoms with van der Waals surface area (Å²) >= 11 is 15.8. The molecule has 0 aliphatic rings. The summed E-state index contributed by atoms with van der Waals surface area (Å²) in [6.07, 6.45) is 0. The number of hydrogen-bond acceptors (Lipinski definition) is 0. The summed E-state index contributed by atoms with van der Waals surface area (Å²) in [4.78, 5) is 0. The van der Waals surface area contributed by atoms with Crippen LogP contribution in [-0.4, -0.2) is 0 Å². The van der Waals surface area contributed by atoms with Crippen molar-refractivity contribution in [2.75, 3.05) is 0 Å². The summed E-state index contributed by atoms with van der Waals surface area (Å²) in [5.74, 6) is -0.432. The highest BCUT2D eigenvalue weighted by molar-refractivity contribution is 9.10. The second-order valence-electron chi connectivity index (χ2n) is 4.49. The Morgan fingerprint density at radius 2 is 1.79 bits per heavy atom. The van der Waals surface area contributed by atoms with Crippen molar-refractivity contribution in [1.29, 1.82) is 0 Å². The molecule has 0 aliphatic heterocycles. The SMILES string of the molecule is Cc1cc(C(Cl)c2ccc(F)c(Cl)c2)c(C)cc1Br. The Morgan fingerprint density at radius 1 is 1.11 bits per heavy atom. The van der Waals surface area contributed by atoms with Crippen LogP contribution in [0.3, 0.4) is 0 Å². The molecule has 0 amide bonds. The Kier molecular flexibility index (Phi) is 4.54. The summed E-state index contributed by atoms with van der Waals surface area (Å²) in [5.41, 5.74) is 3.99. The summed E-state index contributed by atoms with van der Waals surface area (Å²) in [5, 5.41) is -0.250. The zero-order valence-electron chi connectivity index (χ0n) is 10.5. The van der Waals surface area contributed by atoms with Crippen LogP contribution in [0.4, 0.5) is 4.39 Å². The lowest BCUT2D eigenvalue weighted by molar-refractivity contribution is 0.627. The van der Waals surface area contributed by atoms with E-state index in [4.69, 9.17) is 23.2 Å². The van der Waals surface area contributed by atoms with Gasteiger partial charge in [-0.2, -0.15) is 0 Å². The summed E-state index contributed by atoms with van der Waals surface area (Å²) < 4.78 is 14.2. The Balaban J connectivity index is 2.46. The molecule has 0 nitrogen and oxygen atoms in total. The van der Waals surface area contributed by atoms with Crippen molar-refractivity contribution in [3.63, 3.8) is 0 Å². The summed E-state index contributed by atoms with van der Waals surface area (Å²) in [6.45, 7) is 4.01. The molecule has 1 atom stereocenters. The standard InChI is InChI=1S/C15H12BrCl2F/c1-8-6-12(16)9(2)5-11(8)15(18)10-3-4-14(19)13(17)7-10/h3-7,15H,1-2H3. The van der Waals surface area contributed by atoms with E-state index in [1.165, 1.54) is 6.07 Å². The van der Waals surface area contributed by atoms with Gasteiger partial charge in [0.05, 0.1) is 10.4 Å². The molecule has 1 unspecified atom stereocenters. The van der Waals surface area contributed by atoms with Gasteiger partial charge in [0, 0.05) is 4.47 Å². The van der Waals surface area contributed by atoms with Gasteiger partial charge in [0.15, 0.2) is 0 Å². The first kappa shape index (κ1) is 14.8. The molecule has 2 aromatic carbocycles. The van der Waals surface area contributed by atoms with Crippen LogP contribution in [0.5, 0.6) is 0 Å². The summed E-state index contributed by atoms with van der Waals surface area (Å²) in [6, 6.07) is 8.65. The average Bonchev–Trinajstić information content (AvgIpc) is 2.36. The maximum atomic E-state index is 13.2. The minimum Gasteiger partial charge on any atom is -0.205 e. The molecule has 0 bridgehead atoms. The molecular weight excluding hydrogens is 350 g/mol. The largest absolute Gasteiger partial charge is 0.205 e. The molecular formula is C15H12BrCl2F. The third-order valence-electron chi connectivity index (χ3n) is 3.06. The zero-order chi connectivity index (χ0) is 14.2. The Labute approximate surface area is 130 Å². The molecule has 0 heterocycles. The second kappa shape index (κ2) is 5.82. The smallest absolute Gasteiger partial charge is 0.141 e.